The molecule has 0 radical (unpaired) electrons. The van der Waals surface area contributed by atoms with E-state index >= 15 is 0 Å². The van der Waals surface area contributed by atoms with Gasteiger partial charge in [-0.05, 0) is 72.2 Å². The zero-order valence-electron chi connectivity index (χ0n) is 27.0. The Kier molecular flexibility index (Phi) is 8.99. The number of nitrogens with one attached hydrogen (secondary N) is 2. The number of piperazine rings is 1. The van der Waals surface area contributed by atoms with Crippen LogP contribution in [0, 0.1) is 0 Å². The highest BCUT2D eigenvalue weighted by molar-refractivity contribution is 6.08. The smallest absolute Gasteiger partial charge is 0.416 e. The molecule has 3 aliphatic heterocycles. The van der Waals surface area contributed by atoms with E-state index in [9.17, 15) is 19.5 Å². The Morgan fingerprint density at radius 1 is 1.07 bits per heavy atom. The van der Waals surface area contributed by atoms with E-state index in [1.54, 1.807) is 24.7 Å². The van der Waals surface area contributed by atoms with Gasteiger partial charge in [0.05, 0.1) is 22.8 Å². The van der Waals surface area contributed by atoms with E-state index in [2.05, 4.69) is 35.3 Å². The summed E-state index contributed by atoms with van der Waals surface area (Å²) in [5.41, 5.74) is 1.84. The molecule has 2 atom stereocenters. The Hall–Kier alpha value is -4.07. The van der Waals surface area contributed by atoms with E-state index in [0.717, 1.165) is 51.0 Å². The highest BCUT2D eigenvalue weighted by Gasteiger charge is 2.38. The number of pyridine rings is 2. The average molecular weight is 633 g/mol. The molecule has 2 unspecified atom stereocenters. The Morgan fingerprint density at radius 3 is 2.54 bits per heavy atom. The minimum absolute atomic E-state index is 0.0124. The molecule has 3 aromatic rings. The molecule has 3 N–H and O–H groups in total. The zero-order chi connectivity index (χ0) is 32.6. The number of aromatic nitrogens is 3. The third kappa shape index (κ3) is 6.58. The van der Waals surface area contributed by atoms with Gasteiger partial charge >= 0.3 is 12.1 Å². The molecule has 0 aromatic carbocycles. The molecule has 3 fully saturated rings. The van der Waals surface area contributed by atoms with Crippen molar-refractivity contribution in [3.63, 3.8) is 0 Å². The van der Waals surface area contributed by atoms with Crippen LogP contribution in [0.25, 0.3) is 10.9 Å². The number of carbonyl (C=O) groups is 3. The van der Waals surface area contributed by atoms with Gasteiger partial charge in [0.25, 0.3) is 5.91 Å². The molecule has 3 aliphatic rings. The fourth-order valence-electron chi connectivity index (χ4n) is 7.14. The fourth-order valence-corrected chi connectivity index (χ4v) is 7.14. The lowest BCUT2D eigenvalue weighted by Crippen LogP contribution is -2.61. The summed E-state index contributed by atoms with van der Waals surface area (Å²) in [5.74, 6) is -0.294. The second kappa shape index (κ2) is 13.0. The second-order valence-electron chi connectivity index (χ2n) is 13.5. The molecule has 3 aromatic heterocycles. The summed E-state index contributed by atoms with van der Waals surface area (Å²) in [4.78, 5) is 54.3. The number of rotatable bonds is 6. The molecule has 46 heavy (non-hydrogen) atoms. The number of hydrogen-bond acceptors (Lipinski definition) is 10. The number of carboxylic acid groups (broad SMARTS) is 1. The molecule has 13 heteroatoms. The van der Waals surface area contributed by atoms with Gasteiger partial charge in [0.15, 0.2) is 0 Å². The summed E-state index contributed by atoms with van der Waals surface area (Å²) in [7, 11) is 2.01. The van der Waals surface area contributed by atoms with E-state index in [1.807, 2.05) is 40.0 Å². The van der Waals surface area contributed by atoms with Crippen LogP contribution in [0.15, 0.2) is 36.8 Å². The van der Waals surface area contributed by atoms with Gasteiger partial charge in [-0.25, -0.2) is 14.3 Å². The van der Waals surface area contributed by atoms with Crippen molar-refractivity contribution in [2.45, 2.75) is 70.2 Å². The Balaban J connectivity index is 1.16. The number of piperidine rings is 1. The molecule has 0 spiro atoms. The first-order valence-electron chi connectivity index (χ1n) is 16.1. The number of anilines is 2. The summed E-state index contributed by atoms with van der Waals surface area (Å²) in [6, 6.07) is 5.27. The van der Waals surface area contributed by atoms with Crippen molar-refractivity contribution >= 4 is 40.4 Å². The van der Waals surface area contributed by atoms with Crippen molar-refractivity contribution in [3.8, 4) is 0 Å². The molecule has 6 rings (SSSR count). The van der Waals surface area contributed by atoms with Crippen LogP contribution in [0.3, 0.4) is 0 Å². The van der Waals surface area contributed by atoms with Crippen LogP contribution in [0.5, 0.6) is 0 Å². The first kappa shape index (κ1) is 31.9. The number of hydrogen-bond donors (Lipinski definition) is 3. The SMILES string of the molecule is CN1CCCC1c1cc2cnc(NC(=O)c3cnccc3N3CCC(N4CCNCC4C(=O)OC(C)(C)C)CC3)cc2n1C(=O)O. The van der Waals surface area contributed by atoms with Gasteiger partial charge < -0.3 is 25.4 Å². The van der Waals surface area contributed by atoms with Crippen LogP contribution in [0.2, 0.25) is 0 Å². The summed E-state index contributed by atoms with van der Waals surface area (Å²) in [6.07, 6.45) is 7.35. The normalized spacial score (nSPS) is 21.9. The molecule has 1 amide bonds. The van der Waals surface area contributed by atoms with E-state index in [1.165, 1.54) is 4.57 Å². The van der Waals surface area contributed by atoms with E-state index in [4.69, 9.17) is 4.74 Å². The van der Waals surface area contributed by atoms with Gasteiger partial charge in [-0.3, -0.25) is 24.4 Å². The molecular weight excluding hydrogens is 588 g/mol. The average Bonchev–Trinajstić information content (AvgIpc) is 3.63. The van der Waals surface area contributed by atoms with Crippen molar-refractivity contribution in [1.82, 2.24) is 29.7 Å². The van der Waals surface area contributed by atoms with Gasteiger partial charge in [-0.1, -0.05) is 0 Å². The minimum Gasteiger partial charge on any atom is -0.464 e. The van der Waals surface area contributed by atoms with Gasteiger partial charge in [-0.2, -0.15) is 0 Å². The number of ether oxygens (including phenoxy) is 1. The maximum Gasteiger partial charge on any atom is 0.416 e. The second-order valence-corrected chi connectivity index (χ2v) is 13.5. The maximum atomic E-state index is 13.6. The number of likely N-dealkylation sites (tertiary alicyclic amines) is 1. The van der Waals surface area contributed by atoms with Gasteiger partial charge in [-0.15, -0.1) is 0 Å². The fraction of sp³-hybridized carbons (Fsp3) is 0.545. The molecule has 0 bridgehead atoms. The van der Waals surface area contributed by atoms with Crippen LogP contribution < -0.4 is 15.5 Å². The number of esters is 1. The minimum atomic E-state index is -1.06. The van der Waals surface area contributed by atoms with Crippen molar-refractivity contribution < 1.29 is 24.2 Å². The van der Waals surface area contributed by atoms with Crippen molar-refractivity contribution in [2.24, 2.45) is 0 Å². The summed E-state index contributed by atoms with van der Waals surface area (Å²) >= 11 is 0. The van der Waals surface area contributed by atoms with Crippen LogP contribution in [0.1, 0.15) is 68.5 Å². The molecule has 6 heterocycles. The lowest BCUT2D eigenvalue weighted by atomic mass is 9.98. The molecule has 0 saturated carbocycles. The highest BCUT2D eigenvalue weighted by atomic mass is 16.6. The molecule has 0 aliphatic carbocycles. The van der Waals surface area contributed by atoms with E-state index in [-0.39, 0.29) is 35.8 Å². The standard InChI is InChI=1S/C33H44N8O5/c1-33(2,3)46-31(43)28-20-35-11-15-40(28)22-8-13-39(14-9-22)24-7-10-34-19-23(24)30(42)37-29-17-26-21(18-36-29)16-27(41(26)32(44)45)25-6-5-12-38(25)4/h7,10,16-19,22,25,28,35H,5-6,8-9,11-15,20H2,1-4H3,(H,44,45)(H,36,37,42). The van der Waals surface area contributed by atoms with Crippen LogP contribution in [0.4, 0.5) is 16.3 Å². The summed E-state index contributed by atoms with van der Waals surface area (Å²) < 4.78 is 7.04. The molecule has 13 nitrogen and oxygen atoms in total. The molecule has 246 valence electrons. The monoisotopic (exact) mass is 632 g/mol. The first-order valence-corrected chi connectivity index (χ1v) is 16.1. The summed E-state index contributed by atoms with van der Waals surface area (Å²) in [6.45, 7) is 10.2. The third-order valence-corrected chi connectivity index (χ3v) is 9.29. The van der Waals surface area contributed by atoms with Gasteiger partial charge in [0.2, 0.25) is 0 Å². The van der Waals surface area contributed by atoms with E-state index < -0.39 is 11.7 Å². The molecular formula is C33H44N8O5. The van der Waals surface area contributed by atoms with Gasteiger partial charge in [0, 0.05) is 74.5 Å². The topological polar surface area (TPSA) is 145 Å². The maximum absolute atomic E-state index is 13.6. The predicted molar refractivity (Wildman–Crippen MR) is 174 cm³/mol. The number of amides is 1. The largest absolute Gasteiger partial charge is 0.464 e. The van der Waals surface area contributed by atoms with Crippen LogP contribution in [-0.4, -0.2) is 111 Å². The quantitative estimate of drug-likeness (QED) is 0.343. The highest BCUT2D eigenvalue weighted by Crippen LogP contribution is 2.35. The predicted octanol–water partition coefficient (Wildman–Crippen LogP) is 3.56. The number of carbonyl (C=O) groups excluding carboxylic acids is 2. The number of nitrogens with zero attached hydrogens (tertiary/aromatic N) is 6. The van der Waals surface area contributed by atoms with Crippen molar-refractivity contribution in [3.05, 3.63) is 48.0 Å². The third-order valence-electron chi connectivity index (χ3n) is 9.29. The Labute approximate surface area is 268 Å². The Bertz CT molecular complexity index is 1610. The summed E-state index contributed by atoms with van der Waals surface area (Å²) in [5, 5.41) is 17.0. The van der Waals surface area contributed by atoms with Crippen LogP contribution >= 0.6 is 0 Å². The molecule has 3 saturated heterocycles. The van der Waals surface area contributed by atoms with Crippen molar-refractivity contribution in [2.75, 3.05) is 56.5 Å². The number of fused-ring (bicyclic) bond motifs is 1. The van der Waals surface area contributed by atoms with Crippen LogP contribution in [-0.2, 0) is 9.53 Å². The lowest BCUT2D eigenvalue weighted by molar-refractivity contribution is -0.163. The zero-order valence-corrected chi connectivity index (χ0v) is 27.0. The first-order chi connectivity index (χ1) is 22.0. The Morgan fingerprint density at radius 2 is 1.85 bits per heavy atom. The lowest BCUT2D eigenvalue weighted by Gasteiger charge is -2.44. The van der Waals surface area contributed by atoms with Crippen molar-refractivity contribution in [1.29, 1.82) is 0 Å². The van der Waals surface area contributed by atoms with Gasteiger partial charge in [0.1, 0.15) is 17.5 Å². The van der Waals surface area contributed by atoms with E-state index in [0.29, 0.717) is 41.8 Å².